The Morgan fingerprint density at radius 2 is 1.83 bits per heavy atom. The monoisotopic (exact) mass is 578 g/mol. The van der Waals surface area contributed by atoms with Crippen molar-refractivity contribution in [2.75, 3.05) is 18.1 Å². The van der Waals surface area contributed by atoms with Crippen LogP contribution >= 0.6 is 0 Å². The summed E-state index contributed by atoms with van der Waals surface area (Å²) in [5.41, 5.74) is 3.82. The average Bonchev–Trinajstić information content (AvgIpc) is 3.56. The summed E-state index contributed by atoms with van der Waals surface area (Å²) >= 11 is 0. The van der Waals surface area contributed by atoms with Crippen molar-refractivity contribution < 1.29 is 18.7 Å². The van der Waals surface area contributed by atoms with Crippen LogP contribution in [0.4, 0.5) is 9.80 Å². The van der Waals surface area contributed by atoms with Gasteiger partial charge in [-0.15, -0.1) is 5.10 Å². The Kier molecular flexibility index (Phi) is 9.36. The molecular formula is C32H43FN4O3Si. The number of carbonyl (C=O) groups is 1. The third-order valence-electron chi connectivity index (χ3n) is 8.93. The van der Waals surface area contributed by atoms with Crippen LogP contribution in [0.5, 0.6) is 0 Å². The number of rotatable bonds is 11. The van der Waals surface area contributed by atoms with Crippen LogP contribution in [-0.2, 0) is 22.5 Å². The van der Waals surface area contributed by atoms with Gasteiger partial charge in [-0.25, -0.2) is 0 Å². The normalized spacial score (nSPS) is 24.1. The van der Waals surface area contributed by atoms with E-state index in [1.165, 1.54) is 5.56 Å². The minimum atomic E-state index is -2.98. The zero-order chi connectivity index (χ0) is 29.0. The summed E-state index contributed by atoms with van der Waals surface area (Å²) in [7, 11) is -2.98. The molecule has 3 heterocycles. The van der Waals surface area contributed by atoms with Crippen LogP contribution in [0.25, 0.3) is 0 Å². The number of anilines is 1. The van der Waals surface area contributed by atoms with Crippen molar-refractivity contribution in [2.24, 2.45) is 5.92 Å². The number of aliphatic hydroxyl groups is 1. The van der Waals surface area contributed by atoms with Gasteiger partial charge in [-0.1, -0.05) is 54.6 Å². The maximum atomic E-state index is 15.6. The Bertz CT molecular complexity index is 1280. The maximum absolute atomic E-state index is 15.6. The topological polar surface area (TPSA) is 80.5 Å². The first-order valence-electron chi connectivity index (χ1n) is 15.0. The van der Waals surface area contributed by atoms with Crippen molar-refractivity contribution in [1.82, 2.24) is 15.0 Å². The SMILES string of the molecule is C[C@@H]1[C@@H]([Si](C)(C)F)[C@H](CCn2cc(C(CO)c3ccccc3)nn2)O[C@@H]1CCc1ccc(N2CCCCC2=O)cc1. The van der Waals surface area contributed by atoms with Crippen molar-refractivity contribution in [2.45, 2.75) is 88.8 Å². The van der Waals surface area contributed by atoms with Crippen molar-refractivity contribution >= 4 is 20.0 Å². The van der Waals surface area contributed by atoms with Crippen molar-refractivity contribution in [3.8, 4) is 0 Å². The van der Waals surface area contributed by atoms with E-state index in [1.807, 2.05) is 53.6 Å². The Balaban J connectivity index is 1.19. The van der Waals surface area contributed by atoms with E-state index >= 15 is 4.11 Å². The summed E-state index contributed by atoms with van der Waals surface area (Å²) in [6.45, 7) is 7.08. The molecule has 0 saturated carbocycles. The number of hydrogen-bond donors (Lipinski definition) is 1. The van der Waals surface area contributed by atoms with Crippen LogP contribution in [0.1, 0.15) is 61.8 Å². The molecule has 0 radical (unpaired) electrons. The van der Waals surface area contributed by atoms with Crippen molar-refractivity contribution in [1.29, 1.82) is 0 Å². The third-order valence-corrected chi connectivity index (χ3v) is 11.4. The number of ether oxygens (including phenoxy) is 1. The lowest BCUT2D eigenvalue weighted by atomic mass is 9.95. The second-order valence-electron chi connectivity index (χ2n) is 12.2. The molecule has 7 nitrogen and oxygen atoms in total. The number of nitrogens with zero attached hydrogens (tertiary/aromatic N) is 4. The van der Waals surface area contributed by atoms with Crippen molar-refractivity contribution in [3.05, 3.63) is 77.6 Å². The zero-order valence-corrected chi connectivity index (χ0v) is 25.5. The maximum Gasteiger partial charge on any atom is 0.246 e. The van der Waals surface area contributed by atoms with Crippen LogP contribution in [0.15, 0.2) is 60.8 Å². The smallest absolute Gasteiger partial charge is 0.246 e. The molecule has 0 aliphatic carbocycles. The molecule has 3 aromatic rings. The zero-order valence-electron chi connectivity index (χ0n) is 24.5. The van der Waals surface area contributed by atoms with Gasteiger partial charge in [0.05, 0.1) is 30.4 Å². The number of aliphatic hydroxyl groups excluding tert-OH is 1. The fourth-order valence-electron chi connectivity index (χ4n) is 6.78. The van der Waals surface area contributed by atoms with Gasteiger partial charge in [-0.3, -0.25) is 9.48 Å². The molecule has 2 aromatic carbocycles. The Labute approximate surface area is 243 Å². The quantitative estimate of drug-likeness (QED) is 0.227. The molecule has 1 aromatic heterocycles. The van der Waals surface area contributed by atoms with E-state index in [-0.39, 0.29) is 42.1 Å². The van der Waals surface area contributed by atoms with E-state index in [9.17, 15) is 9.90 Å². The van der Waals surface area contributed by atoms with Gasteiger partial charge < -0.3 is 18.9 Å². The van der Waals surface area contributed by atoms with Gasteiger partial charge in [-0.2, -0.15) is 0 Å². The fourth-order valence-corrected chi connectivity index (χ4v) is 9.37. The van der Waals surface area contributed by atoms with Crippen LogP contribution in [-0.4, -0.2) is 59.8 Å². The van der Waals surface area contributed by atoms with Crippen LogP contribution in [0.2, 0.25) is 18.6 Å². The number of hydrogen-bond acceptors (Lipinski definition) is 5. The van der Waals surface area contributed by atoms with Gasteiger partial charge in [0.1, 0.15) is 0 Å². The standard InChI is InChI=1S/C32H43FN4O3Si/c1-23-29(17-14-24-12-15-26(16-13-24)37-19-8-7-11-31(37)39)40-30(32(23)41(2,3)33)18-20-36-21-28(34-35-36)27(22-38)25-9-5-4-6-10-25/h4-6,9-10,12-13,15-16,21,23,27,29-30,32,38H,7-8,11,14,17-20,22H2,1-3H3/t23-,27?,29+,30-,32+/m0/s1. The predicted octanol–water partition coefficient (Wildman–Crippen LogP) is 5.89. The van der Waals surface area contributed by atoms with Gasteiger partial charge >= 0.3 is 0 Å². The van der Waals surface area contributed by atoms with Gasteiger partial charge in [0, 0.05) is 36.9 Å². The molecule has 1 amide bonds. The summed E-state index contributed by atoms with van der Waals surface area (Å²) in [6, 6.07) is 18.1. The van der Waals surface area contributed by atoms with Gasteiger partial charge in [0.15, 0.2) is 0 Å². The predicted molar refractivity (Wildman–Crippen MR) is 161 cm³/mol. The molecule has 2 aliphatic rings. The average molecular weight is 579 g/mol. The molecule has 1 unspecified atom stereocenters. The Hall–Kier alpha value is -2.88. The molecule has 5 atom stereocenters. The number of benzene rings is 2. The van der Waals surface area contributed by atoms with E-state index < -0.39 is 8.41 Å². The molecule has 5 rings (SSSR count). The van der Waals surface area contributed by atoms with E-state index in [4.69, 9.17) is 4.74 Å². The molecule has 2 fully saturated rings. The second-order valence-corrected chi connectivity index (χ2v) is 16.0. The summed E-state index contributed by atoms with van der Waals surface area (Å²) in [4.78, 5) is 14.2. The summed E-state index contributed by atoms with van der Waals surface area (Å²) in [5.74, 6) is 0.121. The Morgan fingerprint density at radius 3 is 2.51 bits per heavy atom. The fraction of sp³-hybridized carbons (Fsp3) is 0.531. The van der Waals surface area contributed by atoms with Crippen LogP contribution < -0.4 is 4.90 Å². The first kappa shape index (κ1) is 29.6. The van der Waals surface area contributed by atoms with Gasteiger partial charge in [0.25, 0.3) is 0 Å². The second kappa shape index (κ2) is 13.0. The highest BCUT2D eigenvalue weighted by Crippen LogP contribution is 2.47. The van der Waals surface area contributed by atoms with Gasteiger partial charge in [0.2, 0.25) is 14.3 Å². The Morgan fingerprint density at radius 1 is 1.07 bits per heavy atom. The molecule has 2 aliphatic heterocycles. The third kappa shape index (κ3) is 6.96. The minimum absolute atomic E-state index is 0.000897. The number of halogens is 1. The highest BCUT2D eigenvalue weighted by atomic mass is 28.4. The number of aryl methyl sites for hydroxylation is 2. The first-order valence-corrected chi connectivity index (χ1v) is 18.0. The number of aromatic nitrogens is 3. The van der Waals surface area contributed by atoms with E-state index in [0.717, 1.165) is 49.2 Å². The highest BCUT2D eigenvalue weighted by Gasteiger charge is 2.50. The van der Waals surface area contributed by atoms with Crippen LogP contribution in [0, 0.1) is 5.92 Å². The number of piperidine rings is 1. The molecule has 220 valence electrons. The summed E-state index contributed by atoms with van der Waals surface area (Å²) < 4.78 is 24.0. The first-order chi connectivity index (χ1) is 19.7. The molecule has 9 heteroatoms. The lowest BCUT2D eigenvalue weighted by molar-refractivity contribution is -0.119. The summed E-state index contributed by atoms with van der Waals surface area (Å²) in [5, 5.41) is 18.6. The molecule has 41 heavy (non-hydrogen) atoms. The van der Waals surface area contributed by atoms with Crippen LogP contribution in [0.3, 0.4) is 0 Å². The van der Waals surface area contributed by atoms with Gasteiger partial charge in [-0.05, 0) is 74.4 Å². The molecule has 1 N–H and O–H groups in total. The number of carbonyl (C=O) groups excluding carboxylic acids is 1. The summed E-state index contributed by atoms with van der Waals surface area (Å²) in [6.07, 6.45) is 6.74. The molecule has 0 bridgehead atoms. The molecular weight excluding hydrogens is 535 g/mol. The van der Waals surface area contributed by atoms with E-state index in [0.29, 0.717) is 19.4 Å². The van der Waals surface area contributed by atoms with E-state index in [1.54, 1.807) is 17.8 Å². The number of amides is 1. The highest BCUT2D eigenvalue weighted by molar-refractivity contribution is 6.72. The minimum Gasteiger partial charge on any atom is -0.395 e. The van der Waals surface area contributed by atoms with E-state index in [2.05, 4.69) is 29.4 Å². The lowest BCUT2D eigenvalue weighted by Crippen LogP contribution is -2.36. The lowest BCUT2D eigenvalue weighted by Gasteiger charge is -2.28. The molecule has 0 spiro atoms. The van der Waals surface area contributed by atoms with Crippen molar-refractivity contribution in [3.63, 3.8) is 0 Å². The largest absolute Gasteiger partial charge is 0.395 e. The molecule has 2 saturated heterocycles.